The van der Waals surface area contributed by atoms with Gasteiger partial charge in [0.1, 0.15) is 6.61 Å². The zero-order valence-corrected chi connectivity index (χ0v) is 23.2. The van der Waals surface area contributed by atoms with Crippen molar-refractivity contribution in [2.75, 3.05) is 6.61 Å². The van der Waals surface area contributed by atoms with Crippen LogP contribution in [0.3, 0.4) is 0 Å². The van der Waals surface area contributed by atoms with Crippen molar-refractivity contribution in [3.05, 3.63) is 156 Å². The molecule has 0 saturated heterocycles. The number of hydrogen-bond donors (Lipinski definition) is 0. The predicted molar refractivity (Wildman–Crippen MR) is 157 cm³/mol. The van der Waals surface area contributed by atoms with Crippen LogP contribution in [0.15, 0.2) is 133 Å². The number of hydrogen-bond acceptors (Lipinski definition) is 9. The van der Waals surface area contributed by atoms with Crippen molar-refractivity contribution in [3.63, 3.8) is 0 Å². The first-order chi connectivity index (χ1) is 21.4. The molecular formula is C35H26O9. The molecule has 0 radical (unpaired) electrons. The lowest BCUT2D eigenvalue weighted by atomic mass is 9.83. The van der Waals surface area contributed by atoms with Crippen molar-refractivity contribution in [3.8, 4) is 0 Å². The molecule has 220 valence electrons. The van der Waals surface area contributed by atoms with Gasteiger partial charge < -0.3 is 18.9 Å². The molecule has 0 heterocycles. The Bertz CT molecular complexity index is 1670. The molecule has 4 aromatic carbocycles. The Kier molecular flexibility index (Phi) is 9.05. The Morgan fingerprint density at radius 2 is 0.955 bits per heavy atom. The van der Waals surface area contributed by atoms with Crippen LogP contribution in [0.1, 0.15) is 41.4 Å². The summed E-state index contributed by atoms with van der Waals surface area (Å²) in [5.41, 5.74) is -1.88. The monoisotopic (exact) mass is 590 g/mol. The lowest BCUT2D eigenvalue weighted by Crippen LogP contribution is -2.63. The van der Waals surface area contributed by atoms with Gasteiger partial charge in [0, 0.05) is 0 Å². The van der Waals surface area contributed by atoms with Crippen molar-refractivity contribution < 1.29 is 42.9 Å². The second-order valence-electron chi connectivity index (χ2n) is 9.74. The van der Waals surface area contributed by atoms with E-state index in [-0.39, 0.29) is 22.3 Å². The van der Waals surface area contributed by atoms with Crippen LogP contribution in [0.2, 0.25) is 0 Å². The third-order valence-electron chi connectivity index (χ3n) is 6.82. The van der Waals surface area contributed by atoms with Crippen LogP contribution >= 0.6 is 0 Å². The van der Waals surface area contributed by atoms with Crippen molar-refractivity contribution >= 4 is 29.7 Å². The normalized spacial score (nSPS) is 19.0. The molecule has 1 aliphatic rings. The Hall–Kier alpha value is -5.83. The molecule has 0 unspecified atom stereocenters. The predicted octanol–water partition coefficient (Wildman–Crippen LogP) is 5.03. The highest BCUT2D eigenvalue weighted by molar-refractivity contribution is 6.03. The zero-order valence-electron chi connectivity index (χ0n) is 23.2. The molecule has 44 heavy (non-hydrogen) atoms. The summed E-state index contributed by atoms with van der Waals surface area (Å²) in [5.74, 6) is -4.32. The molecule has 0 amide bonds. The SMILES string of the molecule is O=C(OC[C@@]1(OC(=O)c2ccccc2)C(=O)C=C[C@@H](OC(=O)c2ccccc2)[C@@H]1OC(=O)c1ccccc1)c1ccccc1. The van der Waals surface area contributed by atoms with E-state index in [4.69, 9.17) is 18.9 Å². The average Bonchev–Trinajstić information content (AvgIpc) is 3.08. The van der Waals surface area contributed by atoms with E-state index in [2.05, 4.69) is 0 Å². The average molecular weight is 591 g/mol. The second kappa shape index (κ2) is 13.4. The van der Waals surface area contributed by atoms with Crippen LogP contribution in [0.25, 0.3) is 0 Å². The van der Waals surface area contributed by atoms with E-state index in [9.17, 15) is 24.0 Å². The Balaban J connectivity index is 1.56. The Morgan fingerprint density at radius 1 is 0.545 bits per heavy atom. The van der Waals surface area contributed by atoms with Gasteiger partial charge in [-0.2, -0.15) is 0 Å². The van der Waals surface area contributed by atoms with E-state index in [0.717, 1.165) is 6.08 Å². The van der Waals surface area contributed by atoms with Gasteiger partial charge in [-0.25, -0.2) is 19.2 Å². The van der Waals surface area contributed by atoms with Crippen LogP contribution in [0.4, 0.5) is 0 Å². The van der Waals surface area contributed by atoms with Gasteiger partial charge in [0.2, 0.25) is 11.4 Å². The lowest BCUT2D eigenvalue weighted by molar-refractivity contribution is -0.168. The molecule has 0 bridgehead atoms. The van der Waals surface area contributed by atoms with E-state index >= 15 is 0 Å². The number of carbonyl (C=O) groups is 5. The number of carbonyl (C=O) groups excluding carboxylic acids is 5. The van der Waals surface area contributed by atoms with Crippen LogP contribution in [0.5, 0.6) is 0 Å². The van der Waals surface area contributed by atoms with Gasteiger partial charge in [-0.3, -0.25) is 4.79 Å². The van der Waals surface area contributed by atoms with E-state index < -0.39 is 54.1 Å². The molecular weight excluding hydrogens is 564 g/mol. The smallest absolute Gasteiger partial charge is 0.339 e. The fourth-order valence-electron chi connectivity index (χ4n) is 4.54. The highest BCUT2D eigenvalue weighted by atomic mass is 16.6. The maximum absolute atomic E-state index is 13.8. The fraction of sp³-hybridized carbons (Fsp3) is 0.114. The van der Waals surface area contributed by atoms with Crippen molar-refractivity contribution in [1.82, 2.24) is 0 Å². The molecule has 0 aromatic heterocycles. The summed E-state index contributed by atoms with van der Waals surface area (Å²) in [6.45, 7) is -0.853. The minimum atomic E-state index is -2.43. The number of esters is 4. The molecule has 0 fully saturated rings. The fourth-order valence-corrected chi connectivity index (χ4v) is 4.54. The Morgan fingerprint density at radius 3 is 1.43 bits per heavy atom. The van der Waals surface area contributed by atoms with Gasteiger partial charge in [-0.15, -0.1) is 0 Å². The summed E-state index contributed by atoms with van der Waals surface area (Å²) in [5, 5.41) is 0. The van der Waals surface area contributed by atoms with Crippen molar-refractivity contribution in [1.29, 1.82) is 0 Å². The molecule has 0 aliphatic heterocycles. The van der Waals surface area contributed by atoms with Crippen molar-refractivity contribution in [2.24, 2.45) is 0 Å². The maximum atomic E-state index is 13.8. The quantitative estimate of drug-likeness (QED) is 0.195. The van der Waals surface area contributed by atoms with Gasteiger partial charge in [-0.1, -0.05) is 72.8 Å². The van der Waals surface area contributed by atoms with Crippen molar-refractivity contribution in [2.45, 2.75) is 17.8 Å². The second-order valence-corrected chi connectivity index (χ2v) is 9.74. The van der Waals surface area contributed by atoms with Gasteiger partial charge in [-0.05, 0) is 60.7 Å². The molecule has 0 saturated carbocycles. The molecule has 0 spiro atoms. The minimum Gasteiger partial charge on any atom is -0.457 e. The molecule has 5 rings (SSSR count). The number of benzene rings is 4. The van der Waals surface area contributed by atoms with E-state index in [1.165, 1.54) is 54.6 Å². The van der Waals surface area contributed by atoms with Crippen LogP contribution in [0, 0.1) is 0 Å². The standard InChI is InChI=1S/C35H26O9/c36-29-22-21-28(42-32(38)25-15-7-2-8-16-25)30(43-33(39)26-17-9-3-10-18-26)35(29,44-34(40)27-19-11-4-12-20-27)23-41-31(37)24-13-5-1-6-14-24/h1-22,28,30H,23H2/t28-,30+,35-/m1/s1. The molecule has 9 heteroatoms. The van der Waals surface area contributed by atoms with Gasteiger partial charge in [0.05, 0.1) is 22.3 Å². The van der Waals surface area contributed by atoms with Gasteiger partial charge >= 0.3 is 23.9 Å². The van der Waals surface area contributed by atoms with Crippen LogP contribution in [-0.2, 0) is 23.7 Å². The molecule has 9 nitrogen and oxygen atoms in total. The lowest BCUT2D eigenvalue weighted by Gasteiger charge is -2.41. The summed E-state index contributed by atoms with van der Waals surface area (Å²) in [7, 11) is 0. The first kappa shape index (κ1) is 29.7. The van der Waals surface area contributed by atoms with Crippen LogP contribution < -0.4 is 0 Å². The summed E-state index contributed by atoms with van der Waals surface area (Å²) in [4.78, 5) is 66.7. The summed E-state index contributed by atoms with van der Waals surface area (Å²) in [6.07, 6.45) is -0.895. The summed E-state index contributed by atoms with van der Waals surface area (Å²) < 4.78 is 22.9. The third-order valence-corrected chi connectivity index (χ3v) is 6.82. The third kappa shape index (κ3) is 6.63. The van der Waals surface area contributed by atoms with E-state index in [1.54, 1.807) is 72.8 Å². The highest BCUT2D eigenvalue weighted by Gasteiger charge is 2.58. The Labute approximate surface area is 252 Å². The maximum Gasteiger partial charge on any atom is 0.339 e. The largest absolute Gasteiger partial charge is 0.457 e. The first-order valence-electron chi connectivity index (χ1n) is 13.6. The number of ether oxygens (including phenoxy) is 4. The minimum absolute atomic E-state index is 0.0783. The highest BCUT2D eigenvalue weighted by Crippen LogP contribution is 2.33. The number of rotatable bonds is 9. The number of ketones is 1. The zero-order chi connectivity index (χ0) is 30.9. The van der Waals surface area contributed by atoms with Gasteiger partial charge in [0.15, 0.2) is 12.2 Å². The summed E-state index contributed by atoms with van der Waals surface area (Å²) in [6, 6.07) is 31.7. The van der Waals surface area contributed by atoms with Gasteiger partial charge in [0.25, 0.3) is 0 Å². The summed E-state index contributed by atoms with van der Waals surface area (Å²) >= 11 is 0. The molecule has 4 aromatic rings. The molecule has 1 aliphatic carbocycles. The topological polar surface area (TPSA) is 122 Å². The van der Waals surface area contributed by atoms with Crippen LogP contribution in [-0.4, -0.2) is 54.1 Å². The van der Waals surface area contributed by atoms with E-state index in [0.29, 0.717) is 0 Å². The first-order valence-corrected chi connectivity index (χ1v) is 13.6. The molecule has 0 N–H and O–H groups in total. The molecule has 3 atom stereocenters. The van der Waals surface area contributed by atoms with E-state index in [1.807, 2.05) is 0 Å².